The smallest absolute Gasteiger partial charge is 0.304 e. The third-order valence-corrected chi connectivity index (χ3v) is 7.48. The number of aliphatic hydroxyl groups excluding tert-OH is 1. The highest BCUT2D eigenvalue weighted by Crippen LogP contribution is 2.34. The summed E-state index contributed by atoms with van der Waals surface area (Å²) in [6.45, 7) is 5.05. The number of carboxylic acid groups (broad SMARTS) is 1. The van der Waals surface area contributed by atoms with Gasteiger partial charge < -0.3 is 14.9 Å². The van der Waals surface area contributed by atoms with E-state index in [4.69, 9.17) is 4.74 Å². The van der Waals surface area contributed by atoms with Gasteiger partial charge in [-0.1, -0.05) is 113 Å². The second kappa shape index (κ2) is 15.1. The van der Waals surface area contributed by atoms with Gasteiger partial charge in [0.15, 0.2) is 0 Å². The Morgan fingerprint density at radius 3 is 1.69 bits per heavy atom. The molecule has 2 aromatic carbocycles. The number of ether oxygens (including phenoxy) is 1. The highest BCUT2D eigenvalue weighted by atomic mass is 16.5. The van der Waals surface area contributed by atoms with Gasteiger partial charge in [-0.05, 0) is 36.8 Å². The number of hydrogen-bond acceptors (Lipinski definition) is 3. The minimum atomic E-state index is -0.752. The predicted molar refractivity (Wildman–Crippen MR) is 144 cm³/mol. The minimum Gasteiger partial charge on any atom is -0.481 e. The summed E-state index contributed by atoms with van der Waals surface area (Å²) in [7, 11) is 1.77. The molecule has 4 heteroatoms. The molecule has 0 aliphatic heterocycles. The van der Waals surface area contributed by atoms with Crippen molar-refractivity contribution >= 4 is 5.97 Å². The average Bonchev–Trinajstić information content (AvgIpc) is 2.84. The lowest BCUT2D eigenvalue weighted by molar-refractivity contribution is -0.138. The first-order chi connectivity index (χ1) is 16.8. The Balaban J connectivity index is 1.64. The molecule has 0 heterocycles. The fraction of sp³-hybridized carbons (Fsp3) is 0.581. The van der Waals surface area contributed by atoms with Crippen LogP contribution in [0.1, 0.15) is 95.6 Å². The Kier molecular flexibility index (Phi) is 12.5. The van der Waals surface area contributed by atoms with Gasteiger partial charge in [0.25, 0.3) is 0 Å². The molecule has 3 unspecified atom stereocenters. The molecule has 4 nitrogen and oxygen atoms in total. The maximum Gasteiger partial charge on any atom is 0.304 e. The lowest BCUT2D eigenvalue weighted by Crippen LogP contribution is -2.27. The highest BCUT2D eigenvalue weighted by molar-refractivity contribution is 5.69. The lowest BCUT2D eigenvalue weighted by Gasteiger charge is -2.29. The largest absolute Gasteiger partial charge is 0.481 e. The van der Waals surface area contributed by atoms with E-state index in [0.717, 1.165) is 76.4 Å². The topological polar surface area (TPSA) is 66.8 Å². The van der Waals surface area contributed by atoms with E-state index in [9.17, 15) is 15.0 Å². The quantitative estimate of drug-likeness (QED) is 0.219. The Hall–Kier alpha value is -2.17. The summed E-state index contributed by atoms with van der Waals surface area (Å²) in [4.78, 5) is 11.4. The van der Waals surface area contributed by atoms with Crippen molar-refractivity contribution in [3.8, 4) is 0 Å². The number of hydrogen-bond donors (Lipinski definition) is 2. The maximum absolute atomic E-state index is 11.4. The number of benzene rings is 2. The van der Waals surface area contributed by atoms with Crippen LogP contribution in [0.5, 0.6) is 0 Å². The number of carboxylic acids is 1. The molecule has 0 amide bonds. The number of methoxy groups -OCH3 is 1. The molecule has 194 valence electrons. The molecule has 0 saturated carbocycles. The van der Waals surface area contributed by atoms with Gasteiger partial charge in [-0.2, -0.15) is 0 Å². The van der Waals surface area contributed by atoms with E-state index in [-0.39, 0.29) is 23.4 Å². The van der Waals surface area contributed by atoms with Gasteiger partial charge in [0.05, 0.1) is 19.1 Å². The summed E-state index contributed by atoms with van der Waals surface area (Å²) in [6.07, 6.45) is 9.79. The number of unbranched alkanes of at least 4 members (excludes halogenated alkanes) is 4. The second-order valence-corrected chi connectivity index (χ2v) is 10.7. The molecular weight excluding hydrogens is 436 g/mol. The van der Waals surface area contributed by atoms with Crippen LogP contribution in [0.3, 0.4) is 0 Å². The Bertz CT molecular complexity index is 838. The molecule has 0 radical (unpaired) electrons. The molecule has 0 fully saturated rings. The normalized spacial score (nSPS) is 15.8. The Morgan fingerprint density at radius 2 is 1.23 bits per heavy atom. The summed E-state index contributed by atoms with van der Waals surface area (Å²) >= 11 is 0. The molecule has 0 aromatic heterocycles. The summed E-state index contributed by atoms with van der Waals surface area (Å²) in [6, 6.07) is 20.6. The summed E-state index contributed by atoms with van der Waals surface area (Å²) in [5, 5.41) is 19.8. The van der Waals surface area contributed by atoms with Crippen LogP contribution in [0.4, 0.5) is 0 Å². The molecule has 0 aliphatic rings. The van der Waals surface area contributed by atoms with Crippen molar-refractivity contribution < 1.29 is 19.7 Å². The molecule has 2 aromatic rings. The van der Waals surface area contributed by atoms with Gasteiger partial charge in [0, 0.05) is 17.9 Å². The molecule has 3 atom stereocenters. The van der Waals surface area contributed by atoms with E-state index in [2.05, 4.69) is 44.2 Å². The second-order valence-electron chi connectivity index (χ2n) is 10.7. The molecule has 0 saturated heterocycles. The van der Waals surface area contributed by atoms with Crippen molar-refractivity contribution in [3.63, 3.8) is 0 Å². The fourth-order valence-electron chi connectivity index (χ4n) is 5.26. The molecule has 35 heavy (non-hydrogen) atoms. The van der Waals surface area contributed by atoms with Gasteiger partial charge in [-0.15, -0.1) is 0 Å². The zero-order valence-corrected chi connectivity index (χ0v) is 22.0. The van der Waals surface area contributed by atoms with E-state index in [1.807, 2.05) is 30.3 Å². The van der Waals surface area contributed by atoms with Crippen LogP contribution in [0.2, 0.25) is 0 Å². The number of aliphatic carboxylic acids is 1. The monoisotopic (exact) mass is 482 g/mol. The van der Waals surface area contributed by atoms with Crippen LogP contribution in [0.15, 0.2) is 60.7 Å². The highest BCUT2D eigenvalue weighted by Gasteiger charge is 2.29. The van der Waals surface area contributed by atoms with E-state index in [1.54, 1.807) is 7.11 Å². The summed E-state index contributed by atoms with van der Waals surface area (Å²) in [5.41, 5.74) is 2.11. The van der Waals surface area contributed by atoms with Crippen LogP contribution < -0.4 is 0 Å². The van der Waals surface area contributed by atoms with Crippen LogP contribution in [-0.4, -0.2) is 36.0 Å². The number of aliphatic hydroxyl groups is 1. The Morgan fingerprint density at radius 1 is 0.771 bits per heavy atom. The van der Waals surface area contributed by atoms with E-state index < -0.39 is 5.97 Å². The van der Waals surface area contributed by atoms with Gasteiger partial charge in [0.1, 0.15) is 0 Å². The van der Waals surface area contributed by atoms with Gasteiger partial charge >= 0.3 is 5.97 Å². The molecule has 2 rings (SSSR count). The summed E-state index contributed by atoms with van der Waals surface area (Å²) in [5.74, 6) is -0.752. The van der Waals surface area contributed by atoms with Gasteiger partial charge in [-0.25, -0.2) is 0 Å². The average molecular weight is 483 g/mol. The Labute approximate surface area is 212 Å². The van der Waals surface area contributed by atoms with Crippen LogP contribution in [0, 0.1) is 0 Å². The van der Waals surface area contributed by atoms with Gasteiger partial charge in [-0.3, -0.25) is 4.79 Å². The third-order valence-electron chi connectivity index (χ3n) is 7.48. The maximum atomic E-state index is 11.4. The first kappa shape index (κ1) is 29.1. The van der Waals surface area contributed by atoms with Crippen LogP contribution >= 0.6 is 0 Å². The molecule has 0 aliphatic carbocycles. The van der Waals surface area contributed by atoms with Gasteiger partial charge in [0.2, 0.25) is 0 Å². The first-order valence-electron chi connectivity index (χ1n) is 13.3. The zero-order valence-electron chi connectivity index (χ0n) is 22.0. The van der Waals surface area contributed by atoms with Crippen molar-refractivity contribution in [1.82, 2.24) is 0 Å². The third kappa shape index (κ3) is 10.1. The SMILES string of the molecule is COCC(C)(CCCCCC(O)CCCCCC(C)(CC(=O)O)c1ccccc1)c1ccccc1. The van der Waals surface area contributed by atoms with Crippen LogP contribution in [-0.2, 0) is 20.4 Å². The van der Waals surface area contributed by atoms with Crippen molar-refractivity contribution in [2.45, 2.75) is 101 Å². The lowest BCUT2D eigenvalue weighted by atomic mass is 9.75. The first-order valence-corrected chi connectivity index (χ1v) is 13.3. The number of carbonyl (C=O) groups is 1. The molecule has 0 spiro atoms. The standard InChI is InChI=1S/C31H46O4/c1-30(24-29(33)34,26-16-8-4-9-17-26)22-14-6-12-20-28(32)21-13-7-15-23-31(2,25-35-3)27-18-10-5-11-19-27/h4-5,8-11,16-19,28,32H,6-7,12-15,20-25H2,1-3H3,(H,33,34). The van der Waals surface area contributed by atoms with Crippen molar-refractivity contribution in [2.75, 3.05) is 13.7 Å². The molecular formula is C31H46O4. The predicted octanol–water partition coefficient (Wildman–Crippen LogP) is 7.29. The van der Waals surface area contributed by atoms with E-state index >= 15 is 0 Å². The van der Waals surface area contributed by atoms with E-state index in [1.165, 1.54) is 5.56 Å². The van der Waals surface area contributed by atoms with Crippen molar-refractivity contribution in [1.29, 1.82) is 0 Å². The van der Waals surface area contributed by atoms with Crippen molar-refractivity contribution in [3.05, 3.63) is 71.8 Å². The van der Waals surface area contributed by atoms with Crippen molar-refractivity contribution in [2.24, 2.45) is 0 Å². The molecule has 2 N–H and O–H groups in total. The number of rotatable bonds is 18. The van der Waals surface area contributed by atoms with Crippen LogP contribution in [0.25, 0.3) is 0 Å². The fourth-order valence-corrected chi connectivity index (χ4v) is 5.26. The summed E-state index contributed by atoms with van der Waals surface area (Å²) < 4.78 is 5.52. The zero-order chi connectivity index (χ0) is 25.6. The minimum absolute atomic E-state index is 0.0313. The van der Waals surface area contributed by atoms with E-state index in [0.29, 0.717) is 0 Å². The molecule has 0 bridgehead atoms.